The highest BCUT2D eigenvalue weighted by Crippen LogP contribution is 2.35. The van der Waals surface area contributed by atoms with Gasteiger partial charge in [-0.25, -0.2) is 39.9 Å². The highest BCUT2D eigenvalue weighted by Gasteiger charge is 2.28. The lowest BCUT2D eigenvalue weighted by Gasteiger charge is -2.36. The van der Waals surface area contributed by atoms with Gasteiger partial charge in [-0.3, -0.25) is 39.7 Å². The van der Waals surface area contributed by atoms with Gasteiger partial charge in [0.15, 0.2) is 0 Å². The number of carbonyl (C=O) groups excluding carboxylic acids is 1. The molecule has 109 heavy (non-hydrogen) atoms. The summed E-state index contributed by atoms with van der Waals surface area (Å²) in [7, 11) is 0. The Labute approximate surface area is 634 Å². The largest absolute Gasteiger partial charge is 0.475 e. The number of fused-ring (bicyclic) bond motifs is 4. The van der Waals surface area contributed by atoms with Gasteiger partial charge >= 0.3 is 6.61 Å². The van der Waals surface area contributed by atoms with Gasteiger partial charge in [0.05, 0.1) is 79.5 Å². The van der Waals surface area contributed by atoms with E-state index < -0.39 is 6.61 Å². The average Bonchev–Trinajstić information content (AvgIpc) is 1.69. The molecule has 4 fully saturated rings. The lowest BCUT2D eigenvalue weighted by Crippen LogP contribution is -2.47. The number of hydrogen-bond donors (Lipinski definition) is 2. The van der Waals surface area contributed by atoms with E-state index in [-0.39, 0.29) is 30.1 Å². The van der Waals surface area contributed by atoms with Gasteiger partial charge in [0.1, 0.15) is 34.7 Å². The molecule has 4 saturated heterocycles. The maximum Gasteiger partial charge on any atom is 0.388 e. The first-order valence-electron chi connectivity index (χ1n) is 38.0. The van der Waals surface area contributed by atoms with Crippen LogP contribution in [0.25, 0.3) is 44.3 Å². The molecule has 0 aromatic carbocycles. The standard InChI is InChI=1S/C23H32N6O.C22H30N6O.C19H20N4O2.C17H16F2N4O2/c1-5-17(4)15-28-8-10-29(11-9-28)21-12-18(6-7-24-21)23-19-13-22(30-16(2)3)25-14-20(19)26-27-23;1-15(2)14-27-7-9-28(10-8-27)20-11-17(5-6-23-20)22-18-12-21(29-16(3)4)24-13-19(18)25-26-22;1-12(2)25-17-9-15-14(10-21-17)11-22-19(15)13-5-6-20-16(8-13)23-7-3-4-18(23)24;18-17(19)25-15-8-13-12(9-21-15)10-22-16(13)11-1-2-20-14(7-11)23-3-5-24-6-4-23/h6-7,12-14,16-17H,5,8-11,15H2,1-4H3,(H,26,27);5-6,11-13,15-16H,7-10,14H2,1-4H3,(H,25,26);5-6,8-10,12H,3-4,7,11H2,1-2H3;1-2,7-9,17H,3-6,10H2. The number of nitrogens with one attached hydrogen (secondary N) is 2. The van der Waals surface area contributed by atoms with Crippen molar-refractivity contribution < 1.29 is 37.3 Å². The van der Waals surface area contributed by atoms with Crippen LogP contribution in [0.2, 0.25) is 0 Å². The molecule has 10 aromatic rings. The van der Waals surface area contributed by atoms with Crippen LogP contribution in [0.1, 0.15) is 122 Å². The number of morpholine rings is 1. The van der Waals surface area contributed by atoms with E-state index in [1.165, 1.54) is 25.2 Å². The van der Waals surface area contributed by atoms with Crippen molar-refractivity contribution in [2.45, 2.75) is 127 Å². The Morgan fingerprint density at radius 2 is 0.881 bits per heavy atom. The van der Waals surface area contributed by atoms with Crippen LogP contribution in [-0.4, -0.2) is 211 Å². The summed E-state index contributed by atoms with van der Waals surface area (Å²) in [5.41, 5.74) is 13.0. The van der Waals surface area contributed by atoms with Crippen LogP contribution in [0.3, 0.4) is 0 Å². The third-order valence-electron chi connectivity index (χ3n) is 19.4. The summed E-state index contributed by atoms with van der Waals surface area (Å²) in [5, 5.41) is 17.3. The number of amides is 1. The first-order valence-corrected chi connectivity index (χ1v) is 38.0. The van der Waals surface area contributed by atoms with E-state index >= 15 is 0 Å². The molecule has 0 radical (unpaired) electrons. The normalized spacial score (nSPS) is 16.2. The summed E-state index contributed by atoms with van der Waals surface area (Å²) in [5.74, 6) is 6.90. The second-order valence-corrected chi connectivity index (χ2v) is 29.2. The summed E-state index contributed by atoms with van der Waals surface area (Å²) in [6, 6.07) is 23.4. The second-order valence-electron chi connectivity index (χ2n) is 29.2. The fourth-order valence-corrected chi connectivity index (χ4v) is 13.9. The van der Waals surface area contributed by atoms with Gasteiger partial charge in [0, 0.05) is 208 Å². The number of pyridine rings is 8. The third kappa shape index (κ3) is 19.4. The Morgan fingerprint density at radius 1 is 0.468 bits per heavy atom. The van der Waals surface area contributed by atoms with Crippen LogP contribution in [0, 0.1) is 11.8 Å². The number of alkyl halides is 2. The Hall–Kier alpha value is -10.7. The van der Waals surface area contributed by atoms with E-state index in [1.54, 1.807) is 29.7 Å². The number of aromatic nitrogens is 12. The number of H-pyrrole nitrogens is 2. The number of hydrogen-bond acceptors (Lipinski definition) is 23. The molecule has 28 heteroatoms. The zero-order chi connectivity index (χ0) is 76.1. The third-order valence-corrected chi connectivity index (χ3v) is 19.4. The summed E-state index contributed by atoms with van der Waals surface area (Å²) in [6.07, 6.45) is 17.1. The summed E-state index contributed by atoms with van der Waals surface area (Å²) in [4.78, 5) is 70.0. The van der Waals surface area contributed by atoms with Gasteiger partial charge in [-0.15, -0.1) is 0 Å². The van der Waals surface area contributed by atoms with E-state index in [1.807, 2.05) is 115 Å². The predicted octanol–water partition coefficient (Wildman–Crippen LogP) is 12.6. The number of nitrogens with zero attached hydrogens (tertiary/aromatic N) is 18. The van der Waals surface area contributed by atoms with Crippen molar-refractivity contribution >= 4 is 62.4 Å². The average molecular weight is 1490 g/mol. The number of halogens is 2. The minimum Gasteiger partial charge on any atom is -0.475 e. The number of anilines is 4. The molecule has 10 aromatic heterocycles. The molecule has 1 unspecified atom stereocenters. The monoisotopic (exact) mass is 1480 g/mol. The van der Waals surface area contributed by atoms with E-state index in [4.69, 9.17) is 18.9 Å². The van der Waals surface area contributed by atoms with E-state index in [0.29, 0.717) is 62.1 Å². The first kappa shape index (κ1) is 76.5. The summed E-state index contributed by atoms with van der Waals surface area (Å²) >= 11 is 0. The van der Waals surface area contributed by atoms with Crippen LogP contribution < -0.4 is 38.5 Å². The molecule has 0 bridgehead atoms. The minimum atomic E-state index is -2.90. The van der Waals surface area contributed by atoms with Gasteiger partial charge in [-0.05, 0) is 108 Å². The SMILES string of the molecule is CC(C)CN1CCN(c2cc(-c3n[nH]c4cnc(OC(C)C)cc34)ccn2)CC1.CC(C)Oc1cc2c(cn1)CN=C2c1ccnc(N2CCCC2=O)c1.CCC(C)CN1CCN(c2cc(-c3n[nH]c4cnc(OC(C)C)cc34)ccn2)CC1.FC(F)Oc1cc2c(cn1)CN=C2c1ccnc(N2CCOCC2)c1. The number of piperazine rings is 2. The van der Waals surface area contributed by atoms with Crippen LogP contribution in [0.4, 0.5) is 32.1 Å². The zero-order valence-corrected chi connectivity index (χ0v) is 63.9. The smallest absolute Gasteiger partial charge is 0.388 e. The summed E-state index contributed by atoms with van der Waals surface area (Å²) in [6.45, 7) is 33.6. The topological polar surface area (TPSA) is 268 Å². The highest BCUT2D eigenvalue weighted by atomic mass is 19.3. The van der Waals surface area contributed by atoms with Crippen molar-refractivity contribution in [2.24, 2.45) is 21.8 Å². The van der Waals surface area contributed by atoms with E-state index in [2.05, 4.69) is 139 Å². The Balaban J connectivity index is 0.000000128. The lowest BCUT2D eigenvalue weighted by atomic mass is 10.0. The molecule has 1 atom stereocenters. The highest BCUT2D eigenvalue weighted by molar-refractivity contribution is 6.16. The molecule has 26 nitrogen and oxygen atoms in total. The van der Waals surface area contributed by atoms with Crippen molar-refractivity contribution in [3.63, 3.8) is 0 Å². The van der Waals surface area contributed by atoms with Gasteiger partial charge < -0.3 is 38.4 Å². The Kier molecular flexibility index (Phi) is 24.9. The maximum absolute atomic E-state index is 12.4. The molecule has 1 amide bonds. The van der Waals surface area contributed by atoms with Gasteiger partial charge in [0.2, 0.25) is 29.4 Å². The molecule has 0 aliphatic carbocycles. The van der Waals surface area contributed by atoms with E-state index in [9.17, 15) is 13.6 Å². The molecule has 6 aliphatic heterocycles. The second kappa shape index (κ2) is 35.6. The zero-order valence-electron chi connectivity index (χ0n) is 63.9. The number of aromatic amines is 2. The Bertz CT molecular complexity index is 4800. The van der Waals surface area contributed by atoms with Crippen LogP contribution in [0.15, 0.2) is 132 Å². The van der Waals surface area contributed by atoms with Crippen LogP contribution in [0.5, 0.6) is 23.5 Å². The molecule has 16 heterocycles. The van der Waals surface area contributed by atoms with Crippen molar-refractivity contribution in [3.8, 4) is 46.0 Å². The molecule has 0 saturated carbocycles. The molecular weight excluding hydrogens is 1390 g/mol. The fourth-order valence-electron chi connectivity index (χ4n) is 13.9. The fraction of sp³-hybridized carbons (Fsp3) is 0.444. The maximum atomic E-state index is 12.4. The minimum absolute atomic E-state index is 0.0704. The summed E-state index contributed by atoms with van der Waals surface area (Å²) < 4.78 is 51.9. The van der Waals surface area contributed by atoms with Gasteiger partial charge in [-0.1, -0.05) is 34.1 Å². The Morgan fingerprint density at radius 3 is 1.32 bits per heavy atom. The predicted molar refractivity (Wildman–Crippen MR) is 420 cm³/mol. The van der Waals surface area contributed by atoms with E-state index in [0.717, 1.165) is 197 Å². The number of carbonyl (C=O) groups is 1. The van der Waals surface area contributed by atoms with Crippen molar-refractivity contribution in [1.29, 1.82) is 0 Å². The first-order chi connectivity index (χ1) is 52.8. The molecular formula is C81H98F2N20O6. The molecule has 2 N–H and O–H groups in total. The molecule has 6 aliphatic rings. The van der Waals surface area contributed by atoms with Crippen LogP contribution >= 0.6 is 0 Å². The number of aliphatic imine (C=N–C) groups is 2. The lowest BCUT2D eigenvalue weighted by molar-refractivity contribution is -0.117. The van der Waals surface area contributed by atoms with Crippen molar-refractivity contribution in [2.75, 3.05) is 118 Å². The quantitative estimate of drug-likeness (QED) is 0.0677. The molecule has 16 rings (SSSR count). The van der Waals surface area contributed by atoms with Gasteiger partial charge in [-0.2, -0.15) is 19.0 Å². The van der Waals surface area contributed by atoms with Crippen molar-refractivity contribution in [3.05, 3.63) is 156 Å². The molecule has 0 spiro atoms. The number of ether oxygens (including phenoxy) is 5. The number of rotatable bonds is 21. The van der Waals surface area contributed by atoms with Crippen LogP contribution in [-0.2, 0) is 22.6 Å². The van der Waals surface area contributed by atoms with Crippen molar-refractivity contribution in [1.82, 2.24) is 70.1 Å². The molecule has 572 valence electrons. The van der Waals surface area contributed by atoms with Gasteiger partial charge in [0.25, 0.3) is 0 Å².